The van der Waals surface area contributed by atoms with Crippen LogP contribution in [-0.4, -0.2) is 29.9 Å². The third kappa shape index (κ3) is 2.71. The molecular weight excluding hydrogens is 266 g/mol. The molecule has 3 rings (SSSR count). The first-order valence-corrected chi connectivity index (χ1v) is 7.49. The minimum Gasteiger partial charge on any atom is -0.381 e. The Hall–Kier alpha value is -1.72. The van der Waals surface area contributed by atoms with Crippen LogP contribution in [0.2, 0.25) is 0 Å². The summed E-state index contributed by atoms with van der Waals surface area (Å²) in [5.41, 5.74) is 8.01. The largest absolute Gasteiger partial charge is 0.381 e. The molecule has 0 bridgehead atoms. The van der Waals surface area contributed by atoms with Gasteiger partial charge < -0.3 is 15.0 Å². The maximum Gasteiger partial charge on any atom is 0.234 e. The highest BCUT2D eigenvalue weighted by atomic mass is 16.5. The highest BCUT2D eigenvalue weighted by molar-refractivity contribution is 5.54. The predicted octanol–water partition coefficient (Wildman–Crippen LogP) is 2.31. The quantitative estimate of drug-likeness (QED) is 0.934. The van der Waals surface area contributed by atoms with Gasteiger partial charge in [0, 0.05) is 25.3 Å². The normalized spacial score (nSPS) is 17.8. The third-order valence-electron chi connectivity index (χ3n) is 4.34. The Balaban J connectivity index is 1.87. The number of benzene rings is 1. The number of hydrogen-bond donors (Lipinski definition) is 1. The number of aromatic nitrogens is 2. The van der Waals surface area contributed by atoms with Gasteiger partial charge in [-0.05, 0) is 24.8 Å². The van der Waals surface area contributed by atoms with Gasteiger partial charge in [0.15, 0.2) is 0 Å². The van der Waals surface area contributed by atoms with Crippen LogP contribution in [0.1, 0.15) is 31.2 Å². The summed E-state index contributed by atoms with van der Waals surface area (Å²) in [5, 5.41) is 4.13. The summed E-state index contributed by atoms with van der Waals surface area (Å²) in [6.45, 7) is 4.03. The maximum atomic E-state index is 5.97. The van der Waals surface area contributed by atoms with Crippen LogP contribution in [0.15, 0.2) is 28.8 Å². The molecule has 2 heterocycles. The Morgan fingerprint density at radius 1 is 1.19 bits per heavy atom. The molecule has 0 aliphatic carbocycles. The Morgan fingerprint density at radius 3 is 2.52 bits per heavy atom. The zero-order valence-corrected chi connectivity index (χ0v) is 12.3. The van der Waals surface area contributed by atoms with E-state index in [9.17, 15) is 0 Å². The molecule has 1 aliphatic rings. The fraction of sp³-hybridized carbons (Fsp3) is 0.500. The molecule has 0 atom stereocenters. The lowest BCUT2D eigenvalue weighted by Gasteiger charge is -2.32. The molecule has 1 saturated heterocycles. The van der Waals surface area contributed by atoms with Crippen LogP contribution in [0.4, 0.5) is 0 Å². The van der Waals surface area contributed by atoms with E-state index in [4.69, 9.17) is 15.0 Å². The molecule has 0 amide bonds. The van der Waals surface area contributed by atoms with E-state index < -0.39 is 0 Å². The Morgan fingerprint density at radius 2 is 1.90 bits per heavy atom. The van der Waals surface area contributed by atoms with E-state index in [1.807, 2.05) is 12.1 Å². The third-order valence-corrected chi connectivity index (χ3v) is 4.34. The van der Waals surface area contributed by atoms with E-state index in [-0.39, 0.29) is 5.41 Å². The maximum absolute atomic E-state index is 5.97. The van der Waals surface area contributed by atoms with Gasteiger partial charge in [0.25, 0.3) is 0 Å². The van der Waals surface area contributed by atoms with E-state index >= 15 is 0 Å². The fourth-order valence-corrected chi connectivity index (χ4v) is 2.71. The Bertz CT molecular complexity index is 586. The van der Waals surface area contributed by atoms with Crippen molar-refractivity contribution in [1.82, 2.24) is 10.1 Å². The van der Waals surface area contributed by atoms with Crippen LogP contribution in [0.5, 0.6) is 0 Å². The van der Waals surface area contributed by atoms with Crippen LogP contribution in [0, 0.1) is 0 Å². The number of nitrogens with zero attached hydrogens (tertiary/aromatic N) is 2. The average Bonchev–Trinajstić information content (AvgIpc) is 3.06. The van der Waals surface area contributed by atoms with Crippen molar-refractivity contribution in [2.45, 2.75) is 31.6 Å². The lowest BCUT2D eigenvalue weighted by Crippen LogP contribution is -2.40. The van der Waals surface area contributed by atoms with Gasteiger partial charge in [-0.3, -0.25) is 0 Å². The lowest BCUT2D eigenvalue weighted by molar-refractivity contribution is 0.0409. The van der Waals surface area contributed by atoms with E-state index in [0.717, 1.165) is 24.8 Å². The van der Waals surface area contributed by atoms with Crippen LogP contribution in [-0.2, 0) is 16.6 Å². The van der Waals surface area contributed by atoms with Crippen LogP contribution in [0.3, 0.4) is 0 Å². The van der Waals surface area contributed by atoms with Crippen molar-refractivity contribution < 1.29 is 9.26 Å². The lowest BCUT2D eigenvalue weighted by atomic mass is 9.80. The molecule has 1 aromatic carbocycles. The standard InChI is InChI=1S/C16H21N3O2/c1-2-12-3-5-13(6-4-12)14-18-15(21-19-14)16(11-17)7-9-20-10-8-16/h3-6H,2,7-11,17H2,1H3. The molecule has 0 spiro atoms. The van der Waals surface area contributed by atoms with Crippen LogP contribution >= 0.6 is 0 Å². The minimum absolute atomic E-state index is 0.229. The van der Waals surface area contributed by atoms with Crippen molar-refractivity contribution in [2.24, 2.45) is 5.73 Å². The van der Waals surface area contributed by atoms with Crippen molar-refractivity contribution >= 4 is 0 Å². The number of rotatable bonds is 4. The topological polar surface area (TPSA) is 74.2 Å². The Kier molecular flexibility index (Phi) is 4.03. The molecule has 0 radical (unpaired) electrons. The second-order valence-electron chi connectivity index (χ2n) is 5.57. The zero-order chi connectivity index (χ0) is 14.7. The van der Waals surface area contributed by atoms with Gasteiger partial charge in [-0.25, -0.2) is 0 Å². The van der Waals surface area contributed by atoms with Gasteiger partial charge >= 0.3 is 0 Å². The van der Waals surface area contributed by atoms with Crippen LogP contribution < -0.4 is 5.73 Å². The Labute approximate surface area is 124 Å². The fourth-order valence-electron chi connectivity index (χ4n) is 2.71. The number of nitrogens with two attached hydrogens (primary N) is 1. The van der Waals surface area contributed by atoms with Crippen molar-refractivity contribution in [3.63, 3.8) is 0 Å². The van der Waals surface area contributed by atoms with E-state index in [0.29, 0.717) is 31.5 Å². The second-order valence-corrected chi connectivity index (χ2v) is 5.57. The van der Waals surface area contributed by atoms with Gasteiger partial charge in [-0.15, -0.1) is 0 Å². The molecule has 1 aliphatic heterocycles. The first-order chi connectivity index (χ1) is 10.3. The average molecular weight is 287 g/mol. The summed E-state index contributed by atoms with van der Waals surface area (Å²) in [7, 11) is 0. The highest BCUT2D eigenvalue weighted by Gasteiger charge is 2.38. The molecule has 1 aromatic heterocycles. The summed E-state index contributed by atoms with van der Waals surface area (Å²) in [4.78, 5) is 4.59. The molecule has 2 aromatic rings. The minimum atomic E-state index is -0.229. The van der Waals surface area contributed by atoms with Crippen molar-refractivity contribution in [2.75, 3.05) is 19.8 Å². The number of hydrogen-bond acceptors (Lipinski definition) is 5. The zero-order valence-electron chi connectivity index (χ0n) is 12.3. The summed E-state index contributed by atoms with van der Waals surface area (Å²) in [6.07, 6.45) is 2.69. The van der Waals surface area contributed by atoms with E-state index in [2.05, 4.69) is 29.2 Å². The summed E-state index contributed by atoms with van der Waals surface area (Å²) in [5.74, 6) is 1.27. The monoisotopic (exact) mass is 287 g/mol. The van der Waals surface area contributed by atoms with Gasteiger partial charge in [-0.1, -0.05) is 36.3 Å². The highest BCUT2D eigenvalue weighted by Crippen LogP contribution is 2.33. The molecule has 1 fully saturated rings. The second kappa shape index (κ2) is 5.95. The van der Waals surface area contributed by atoms with Crippen LogP contribution in [0.25, 0.3) is 11.4 Å². The van der Waals surface area contributed by atoms with Gasteiger partial charge in [0.2, 0.25) is 11.7 Å². The molecule has 0 saturated carbocycles. The first-order valence-electron chi connectivity index (χ1n) is 7.49. The molecular formula is C16H21N3O2. The van der Waals surface area contributed by atoms with E-state index in [1.54, 1.807) is 0 Å². The summed E-state index contributed by atoms with van der Waals surface area (Å²) < 4.78 is 10.9. The van der Waals surface area contributed by atoms with E-state index in [1.165, 1.54) is 5.56 Å². The summed E-state index contributed by atoms with van der Waals surface area (Å²) in [6, 6.07) is 8.26. The molecule has 0 unspecified atom stereocenters. The smallest absolute Gasteiger partial charge is 0.234 e. The number of ether oxygens (including phenoxy) is 1. The molecule has 21 heavy (non-hydrogen) atoms. The number of aryl methyl sites for hydroxylation is 1. The first kappa shape index (κ1) is 14.2. The summed E-state index contributed by atoms with van der Waals surface area (Å²) >= 11 is 0. The van der Waals surface area contributed by atoms with Gasteiger partial charge in [0.1, 0.15) is 0 Å². The molecule has 112 valence electrons. The predicted molar refractivity (Wildman–Crippen MR) is 79.9 cm³/mol. The molecule has 5 nitrogen and oxygen atoms in total. The van der Waals surface area contributed by atoms with Crippen molar-refractivity contribution in [3.8, 4) is 11.4 Å². The van der Waals surface area contributed by atoms with Gasteiger partial charge in [0.05, 0.1) is 5.41 Å². The SMILES string of the molecule is CCc1ccc(-c2noc(C3(CN)CCOCC3)n2)cc1. The molecule has 2 N–H and O–H groups in total. The van der Waals surface area contributed by atoms with Crippen molar-refractivity contribution in [1.29, 1.82) is 0 Å². The van der Waals surface area contributed by atoms with Gasteiger partial charge in [-0.2, -0.15) is 4.98 Å². The molecule has 5 heteroatoms. The van der Waals surface area contributed by atoms with Crippen molar-refractivity contribution in [3.05, 3.63) is 35.7 Å².